The van der Waals surface area contributed by atoms with Gasteiger partial charge in [0.1, 0.15) is 17.2 Å². The molecule has 1 atom stereocenters. The van der Waals surface area contributed by atoms with Gasteiger partial charge in [-0.05, 0) is 54.4 Å². The van der Waals surface area contributed by atoms with Crippen molar-refractivity contribution in [2.45, 2.75) is 13.0 Å². The minimum Gasteiger partial charge on any atom is -0.459 e. The lowest BCUT2D eigenvalue weighted by molar-refractivity contribution is 0.523. The highest BCUT2D eigenvalue weighted by molar-refractivity contribution is 6.31. The zero-order chi connectivity index (χ0) is 14.3. The van der Waals surface area contributed by atoms with Gasteiger partial charge in [0.15, 0.2) is 0 Å². The van der Waals surface area contributed by atoms with Crippen LogP contribution in [0.1, 0.15) is 22.9 Å². The number of fused-ring (bicyclic) bond motifs is 1. The van der Waals surface area contributed by atoms with Gasteiger partial charge in [-0.2, -0.15) is 0 Å². The minimum absolute atomic E-state index is 0.269. The van der Waals surface area contributed by atoms with Crippen molar-refractivity contribution >= 4 is 22.6 Å². The fraction of sp³-hybridized carbons (Fsp3) is 0.125. The van der Waals surface area contributed by atoms with Gasteiger partial charge in [-0.25, -0.2) is 4.39 Å². The summed E-state index contributed by atoms with van der Waals surface area (Å²) in [5.74, 6) is 0.367. The molecule has 0 aliphatic carbocycles. The SMILES string of the molecule is Cc1cc(F)ccc1C(N)c1cc2cc(Cl)ccc2o1. The number of benzene rings is 2. The lowest BCUT2D eigenvalue weighted by atomic mass is 10.00. The van der Waals surface area contributed by atoms with Crippen LogP contribution in [-0.4, -0.2) is 0 Å². The van der Waals surface area contributed by atoms with Crippen LogP contribution in [0.3, 0.4) is 0 Å². The van der Waals surface area contributed by atoms with Gasteiger partial charge in [-0.3, -0.25) is 0 Å². The van der Waals surface area contributed by atoms with Gasteiger partial charge in [0.2, 0.25) is 0 Å². The van der Waals surface area contributed by atoms with Crippen LogP contribution in [0.5, 0.6) is 0 Å². The van der Waals surface area contributed by atoms with Crippen molar-refractivity contribution in [1.29, 1.82) is 0 Å². The van der Waals surface area contributed by atoms with Crippen LogP contribution >= 0.6 is 11.6 Å². The molecule has 2 N–H and O–H groups in total. The summed E-state index contributed by atoms with van der Waals surface area (Å²) < 4.78 is 18.9. The molecule has 0 radical (unpaired) electrons. The van der Waals surface area contributed by atoms with Crippen LogP contribution in [0, 0.1) is 12.7 Å². The Morgan fingerprint density at radius 3 is 2.70 bits per heavy atom. The van der Waals surface area contributed by atoms with Crippen molar-refractivity contribution in [3.05, 3.63) is 70.2 Å². The molecule has 1 aromatic heterocycles. The van der Waals surface area contributed by atoms with Crippen LogP contribution in [0.15, 0.2) is 46.9 Å². The highest BCUT2D eigenvalue weighted by Crippen LogP contribution is 2.29. The number of aryl methyl sites for hydroxylation is 1. The summed E-state index contributed by atoms with van der Waals surface area (Å²) in [6, 6.07) is 11.4. The Morgan fingerprint density at radius 2 is 1.95 bits per heavy atom. The molecule has 20 heavy (non-hydrogen) atoms. The van der Waals surface area contributed by atoms with Gasteiger partial charge in [0.25, 0.3) is 0 Å². The molecular formula is C16H13ClFNO. The third-order valence-electron chi connectivity index (χ3n) is 3.37. The van der Waals surface area contributed by atoms with E-state index in [1.54, 1.807) is 12.1 Å². The van der Waals surface area contributed by atoms with E-state index in [9.17, 15) is 4.39 Å². The van der Waals surface area contributed by atoms with E-state index in [1.165, 1.54) is 12.1 Å². The van der Waals surface area contributed by atoms with Crippen LogP contribution in [0.25, 0.3) is 11.0 Å². The zero-order valence-corrected chi connectivity index (χ0v) is 11.6. The minimum atomic E-state index is -0.429. The summed E-state index contributed by atoms with van der Waals surface area (Å²) in [7, 11) is 0. The molecular weight excluding hydrogens is 277 g/mol. The van der Waals surface area contributed by atoms with Gasteiger partial charge in [0, 0.05) is 10.4 Å². The normalized spacial score (nSPS) is 12.8. The lowest BCUT2D eigenvalue weighted by Gasteiger charge is -2.12. The van der Waals surface area contributed by atoms with E-state index in [2.05, 4.69) is 0 Å². The maximum atomic E-state index is 13.1. The lowest BCUT2D eigenvalue weighted by Crippen LogP contribution is -2.12. The van der Waals surface area contributed by atoms with Gasteiger partial charge in [0.05, 0.1) is 6.04 Å². The van der Waals surface area contributed by atoms with E-state index in [-0.39, 0.29) is 5.82 Å². The molecule has 0 bridgehead atoms. The molecule has 4 heteroatoms. The molecule has 3 rings (SSSR count). The van der Waals surface area contributed by atoms with Gasteiger partial charge in [-0.15, -0.1) is 0 Å². The predicted octanol–water partition coefficient (Wildman–Crippen LogP) is 4.58. The van der Waals surface area contributed by atoms with Gasteiger partial charge in [-0.1, -0.05) is 17.7 Å². The second-order valence-corrected chi connectivity index (χ2v) is 5.25. The molecule has 1 unspecified atom stereocenters. The molecule has 2 nitrogen and oxygen atoms in total. The third kappa shape index (κ3) is 2.30. The Balaban J connectivity index is 2.05. The standard InChI is InChI=1S/C16H13ClFNO/c1-9-6-12(18)3-4-13(9)16(19)15-8-10-7-11(17)2-5-14(10)20-15/h2-8,16H,19H2,1H3. The molecule has 0 saturated carbocycles. The molecule has 0 fully saturated rings. The van der Waals surface area contributed by atoms with Gasteiger partial charge >= 0.3 is 0 Å². The molecule has 0 spiro atoms. The molecule has 0 amide bonds. The average molecular weight is 290 g/mol. The summed E-state index contributed by atoms with van der Waals surface area (Å²) in [5, 5.41) is 1.55. The largest absolute Gasteiger partial charge is 0.459 e. The summed E-state index contributed by atoms with van der Waals surface area (Å²) in [6.45, 7) is 1.83. The number of hydrogen-bond acceptors (Lipinski definition) is 2. The van der Waals surface area contributed by atoms with Crippen molar-refractivity contribution in [2.24, 2.45) is 5.73 Å². The van der Waals surface area contributed by atoms with Crippen LogP contribution in [0.4, 0.5) is 4.39 Å². The quantitative estimate of drug-likeness (QED) is 0.750. The second kappa shape index (κ2) is 4.93. The van der Waals surface area contributed by atoms with E-state index in [1.807, 2.05) is 25.1 Å². The first kappa shape index (κ1) is 13.2. The summed E-state index contributed by atoms with van der Waals surface area (Å²) in [6.07, 6.45) is 0. The monoisotopic (exact) mass is 289 g/mol. The maximum absolute atomic E-state index is 13.1. The predicted molar refractivity (Wildman–Crippen MR) is 78.4 cm³/mol. The van der Waals surface area contributed by atoms with Crippen molar-refractivity contribution in [3.63, 3.8) is 0 Å². The Bertz CT molecular complexity index is 781. The number of nitrogens with two attached hydrogens (primary N) is 1. The van der Waals surface area contributed by atoms with Crippen molar-refractivity contribution in [1.82, 2.24) is 0 Å². The van der Waals surface area contributed by atoms with E-state index in [0.717, 1.165) is 22.1 Å². The first-order chi connectivity index (χ1) is 9.54. The highest BCUT2D eigenvalue weighted by atomic mass is 35.5. The third-order valence-corrected chi connectivity index (χ3v) is 3.61. The molecule has 102 valence electrons. The molecule has 0 aliphatic heterocycles. The van der Waals surface area contributed by atoms with Crippen LogP contribution in [0.2, 0.25) is 5.02 Å². The van der Waals surface area contributed by atoms with Crippen molar-refractivity contribution in [3.8, 4) is 0 Å². The summed E-state index contributed by atoms with van der Waals surface area (Å²) >= 11 is 5.95. The molecule has 0 saturated heterocycles. The topological polar surface area (TPSA) is 39.2 Å². The maximum Gasteiger partial charge on any atom is 0.134 e. The fourth-order valence-electron chi connectivity index (χ4n) is 2.33. The van der Waals surface area contributed by atoms with Crippen molar-refractivity contribution in [2.75, 3.05) is 0 Å². The highest BCUT2D eigenvalue weighted by Gasteiger charge is 2.16. The second-order valence-electron chi connectivity index (χ2n) is 4.81. The van der Waals surface area contributed by atoms with E-state index in [0.29, 0.717) is 10.8 Å². The first-order valence-corrected chi connectivity index (χ1v) is 6.63. The molecule has 0 aliphatic rings. The molecule has 3 aromatic rings. The fourth-order valence-corrected chi connectivity index (χ4v) is 2.51. The van der Waals surface area contributed by atoms with Crippen molar-refractivity contribution < 1.29 is 8.81 Å². The molecule has 1 heterocycles. The smallest absolute Gasteiger partial charge is 0.134 e. The number of halogens is 2. The average Bonchev–Trinajstić information content (AvgIpc) is 2.81. The molecule has 2 aromatic carbocycles. The Labute approximate surface area is 121 Å². The summed E-state index contributed by atoms with van der Waals surface area (Å²) in [4.78, 5) is 0. The van der Waals surface area contributed by atoms with E-state index >= 15 is 0 Å². The Kier molecular flexibility index (Phi) is 3.24. The number of rotatable bonds is 2. The summed E-state index contributed by atoms with van der Waals surface area (Å²) in [5.41, 5.74) is 8.60. The number of furan rings is 1. The van der Waals surface area contributed by atoms with Crippen LogP contribution in [-0.2, 0) is 0 Å². The van der Waals surface area contributed by atoms with Crippen LogP contribution < -0.4 is 5.73 Å². The van der Waals surface area contributed by atoms with Gasteiger partial charge < -0.3 is 10.2 Å². The first-order valence-electron chi connectivity index (χ1n) is 6.25. The Hall–Kier alpha value is -1.84. The van der Waals surface area contributed by atoms with E-state index < -0.39 is 6.04 Å². The Morgan fingerprint density at radius 1 is 1.15 bits per heavy atom. The van der Waals surface area contributed by atoms with E-state index in [4.69, 9.17) is 21.8 Å². The number of hydrogen-bond donors (Lipinski definition) is 1. The zero-order valence-electron chi connectivity index (χ0n) is 10.9.